The van der Waals surface area contributed by atoms with Crippen LogP contribution in [-0.4, -0.2) is 29.5 Å². The van der Waals surface area contributed by atoms with Gasteiger partial charge in [-0.05, 0) is 48.7 Å². The zero-order valence-electron chi connectivity index (χ0n) is 14.6. The molecule has 2 aromatic carbocycles. The van der Waals surface area contributed by atoms with E-state index < -0.39 is 0 Å². The Labute approximate surface area is 147 Å². The molecule has 1 amide bonds. The van der Waals surface area contributed by atoms with Crippen molar-refractivity contribution in [3.05, 3.63) is 54.4 Å². The Morgan fingerprint density at radius 2 is 1.84 bits per heavy atom. The lowest BCUT2D eigenvalue weighted by molar-refractivity contribution is -0.109. The summed E-state index contributed by atoms with van der Waals surface area (Å²) in [5.41, 5.74) is 4.24. The molecule has 0 atom stereocenters. The van der Waals surface area contributed by atoms with Gasteiger partial charge in [0.2, 0.25) is 6.41 Å². The van der Waals surface area contributed by atoms with Gasteiger partial charge in [-0.25, -0.2) is 9.97 Å². The van der Waals surface area contributed by atoms with E-state index in [1.807, 2.05) is 18.2 Å². The zero-order valence-corrected chi connectivity index (χ0v) is 14.6. The summed E-state index contributed by atoms with van der Waals surface area (Å²) in [7, 11) is 0. The molecule has 1 N–H and O–H groups in total. The molecular weight excluding hydrogens is 312 g/mol. The van der Waals surface area contributed by atoms with Crippen LogP contribution in [0.3, 0.4) is 0 Å². The van der Waals surface area contributed by atoms with Gasteiger partial charge in [0.1, 0.15) is 12.1 Å². The fraction of sp³-hybridized carbons (Fsp3) is 0.250. The van der Waals surface area contributed by atoms with Crippen LogP contribution >= 0.6 is 0 Å². The molecule has 128 valence electrons. The average molecular weight is 334 g/mol. The predicted octanol–water partition coefficient (Wildman–Crippen LogP) is 3.39. The van der Waals surface area contributed by atoms with Crippen LogP contribution in [0.1, 0.15) is 19.4 Å². The molecule has 0 bridgehead atoms. The Kier molecular flexibility index (Phi) is 5.23. The third kappa shape index (κ3) is 3.60. The molecule has 1 heterocycles. The predicted molar refractivity (Wildman–Crippen MR) is 101 cm³/mol. The lowest BCUT2D eigenvalue weighted by atomic mass is 10.0. The van der Waals surface area contributed by atoms with Gasteiger partial charge in [0.25, 0.3) is 0 Å². The number of nitrogens with one attached hydrogen (secondary N) is 1. The lowest BCUT2D eigenvalue weighted by Crippen LogP contribution is -2.23. The van der Waals surface area contributed by atoms with E-state index in [0.717, 1.165) is 52.9 Å². The molecule has 0 saturated heterocycles. The van der Waals surface area contributed by atoms with Gasteiger partial charge >= 0.3 is 0 Å². The highest BCUT2D eigenvalue weighted by Crippen LogP contribution is 2.29. The number of carbonyl (C=O) groups is 1. The second-order valence-corrected chi connectivity index (χ2v) is 5.80. The third-order valence-electron chi connectivity index (χ3n) is 4.33. The summed E-state index contributed by atoms with van der Waals surface area (Å²) >= 11 is 0. The number of aromatic nitrogens is 2. The number of carbonyl (C=O) groups excluding carboxylic acids is 1. The third-order valence-corrected chi connectivity index (χ3v) is 4.33. The second kappa shape index (κ2) is 7.75. The van der Waals surface area contributed by atoms with Gasteiger partial charge in [0.05, 0.1) is 5.52 Å². The minimum atomic E-state index is 0.527. The van der Waals surface area contributed by atoms with Crippen molar-refractivity contribution in [1.29, 1.82) is 0 Å². The first-order chi connectivity index (χ1) is 12.3. The van der Waals surface area contributed by atoms with Gasteiger partial charge in [-0.3, -0.25) is 4.79 Å². The Morgan fingerprint density at radius 1 is 1.04 bits per heavy atom. The van der Waals surface area contributed by atoms with Crippen LogP contribution in [-0.2, 0) is 11.3 Å². The van der Waals surface area contributed by atoms with Crippen LogP contribution in [0.15, 0.2) is 48.8 Å². The summed E-state index contributed by atoms with van der Waals surface area (Å²) in [6.07, 6.45) is 2.35. The van der Waals surface area contributed by atoms with Crippen molar-refractivity contribution in [2.24, 2.45) is 0 Å². The summed E-state index contributed by atoms with van der Waals surface area (Å²) in [6.45, 7) is 6.59. The van der Waals surface area contributed by atoms with Crippen LogP contribution in [0.25, 0.3) is 22.0 Å². The summed E-state index contributed by atoms with van der Waals surface area (Å²) in [5.74, 6) is 0.968. The van der Waals surface area contributed by atoms with Gasteiger partial charge in [0.15, 0.2) is 0 Å². The average Bonchev–Trinajstić information content (AvgIpc) is 2.67. The van der Waals surface area contributed by atoms with E-state index in [1.54, 1.807) is 6.33 Å². The van der Waals surface area contributed by atoms with Crippen molar-refractivity contribution in [2.45, 2.75) is 20.4 Å². The van der Waals surface area contributed by atoms with E-state index in [9.17, 15) is 4.79 Å². The molecule has 0 fully saturated rings. The number of amides is 1. The molecule has 5 nitrogen and oxygen atoms in total. The van der Waals surface area contributed by atoms with Gasteiger partial charge in [0, 0.05) is 25.0 Å². The van der Waals surface area contributed by atoms with E-state index in [0.29, 0.717) is 6.54 Å². The number of benzene rings is 2. The van der Waals surface area contributed by atoms with Crippen LogP contribution < -0.4 is 10.2 Å². The molecule has 0 aliphatic heterocycles. The van der Waals surface area contributed by atoms with Crippen molar-refractivity contribution >= 4 is 23.1 Å². The number of anilines is 1. The number of rotatable bonds is 7. The van der Waals surface area contributed by atoms with Crippen LogP contribution in [0.2, 0.25) is 0 Å². The Balaban J connectivity index is 2.06. The van der Waals surface area contributed by atoms with E-state index in [2.05, 4.69) is 58.3 Å². The molecule has 3 aromatic rings. The van der Waals surface area contributed by atoms with Crippen molar-refractivity contribution in [1.82, 2.24) is 15.3 Å². The first-order valence-corrected chi connectivity index (χ1v) is 8.52. The highest BCUT2D eigenvalue weighted by atomic mass is 16.1. The standard InChI is InChI=1S/C20H22N4O/c1-3-24(4-2)20-18-11-17(8-9-19(18)22-13-23-20)16-7-5-6-15(10-16)12-21-14-25/h5-11,13-14H,3-4,12H2,1-2H3,(H,21,25). The fourth-order valence-electron chi connectivity index (χ4n) is 3.02. The molecule has 0 aliphatic carbocycles. The van der Waals surface area contributed by atoms with E-state index in [4.69, 9.17) is 0 Å². The monoisotopic (exact) mass is 334 g/mol. The maximum absolute atomic E-state index is 10.5. The summed E-state index contributed by atoms with van der Waals surface area (Å²) < 4.78 is 0. The van der Waals surface area contributed by atoms with E-state index >= 15 is 0 Å². The highest BCUT2D eigenvalue weighted by Gasteiger charge is 2.10. The highest BCUT2D eigenvalue weighted by molar-refractivity contribution is 5.92. The van der Waals surface area contributed by atoms with Crippen LogP contribution in [0, 0.1) is 0 Å². The smallest absolute Gasteiger partial charge is 0.207 e. The summed E-state index contributed by atoms with van der Waals surface area (Å²) in [4.78, 5) is 21.6. The first-order valence-electron chi connectivity index (χ1n) is 8.52. The first kappa shape index (κ1) is 16.9. The molecule has 0 unspecified atom stereocenters. The van der Waals surface area contributed by atoms with Crippen LogP contribution in [0.4, 0.5) is 5.82 Å². The molecule has 3 rings (SSSR count). The van der Waals surface area contributed by atoms with E-state index in [1.165, 1.54) is 0 Å². The van der Waals surface area contributed by atoms with Gasteiger partial charge < -0.3 is 10.2 Å². The maximum Gasteiger partial charge on any atom is 0.207 e. The Morgan fingerprint density at radius 3 is 2.60 bits per heavy atom. The molecular formula is C20H22N4O. The fourth-order valence-corrected chi connectivity index (χ4v) is 3.02. The number of hydrogen-bond acceptors (Lipinski definition) is 4. The topological polar surface area (TPSA) is 58.1 Å². The van der Waals surface area contributed by atoms with Crippen molar-refractivity contribution in [3.63, 3.8) is 0 Å². The molecule has 0 spiro atoms. The molecule has 25 heavy (non-hydrogen) atoms. The molecule has 0 aliphatic rings. The zero-order chi connectivity index (χ0) is 17.6. The van der Waals surface area contributed by atoms with Crippen molar-refractivity contribution in [2.75, 3.05) is 18.0 Å². The SMILES string of the molecule is CCN(CC)c1ncnc2ccc(-c3cccc(CNC=O)c3)cc12. The summed E-state index contributed by atoms with van der Waals surface area (Å²) in [6, 6.07) is 14.4. The normalized spacial score (nSPS) is 10.6. The number of hydrogen-bond donors (Lipinski definition) is 1. The van der Waals surface area contributed by atoms with Crippen molar-refractivity contribution in [3.8, 4) is 11.1 Å². The molecule has 0 radical (unpaired) electrons. The second-order valence-electron chi connectivity index (χ2n) is 5.80. The quantitative estimate of drug-likeness (QED) is 0.673. The number of fused-ring (bicyclic) bond motifs is 1. The molecule has 0 saturated carbocycles. The maximum atomic E-state index is 10.5. The van der Waals surface area contributed by atoms with Gasteiger partial charge in [-0.15, -0.1) is 0 Å². The van der Waals surface area contributed by atoms with Gasteiger partial charge in [-0.1, -0.05) is 24.3 Å². The minimum Gasteiger partial charge on any atom is -0.357 e. The largest absolute Gasteiger partial charge is 0.357 e. The van der Waals surface area contributed by atoms with Crippen LogP contribution in [0.5, 0.6) is 0 Å². The van der Waals surface area contributed by atoms with E-state index in [-0.39, 0.29) is 0 Å². The van der Waals surface area contributed by atoms with Gasteiger partial charge in [-0.2, -0.15) is 0 Å². The molecule has 5 heteroatoms. The Hall–Kier alpha value is -2.95. The molecule has 1 aromatic heterocycles. The number of nitrogens with zero attached hydrogens (tertiary/aromatic N) is 3. The Bertz CT molecular complexity index is 874. The minimum absolute atomic E-state index is 0.527. The van der Waals surface area contributed by atoms with Crippen molar-refractivity contribution < 1.29 is 4.79 Å². The summed E-state index contributed by atoms with van der Waals surface area (Å²) in [5, 5.41) is 3.76. The lowest BCUT2D eigenvalue weighted by Gasteiger charge is -2.21.